The van der Waals surface area contributed by atoms with Crippen LogP contribution >= 0.6 is 0 Å². The second kappa shape index (κ2) is 7.24. The molecule has 2 heterocycles. The Kier molecular flexibility index (Phi) is 4.77. The number of rotatable bonds is 5. The van der Waals surface area contributed by atoms with E-state index in [4.69, 9.17) is 0 Å². The van der Waals surface area contributed by atoms with Crippen molar-refractivity contribution in [2.24, 2.45) is 0 Å². The SMILES string of the molecule is Cc1ccc(-n2nc3c(c2NC(=O)CCc2ccccc2)CS(=O)(=O)C3)cc1. The van der Waals surface area contributed by atoms with Gasteiger partial charge in [0.15, 0.2) is 9.84 Å². The number of sulfone groups is 1. The van der Waals surface area contributed by atoms with Crippen LogP contribution in [0, 0.1) is 6.92 Å². The number of anilines is 1. The highest BCUT2D eigenvalue weighted by molar-refractivity contribution is 7.90. The summed E-state index contributed by atoms with van der Waals surface area (Å²) in [6.07, 6.45) is 0.927. The molecule has 1 amide bonds. The van der Waals surface area contributed by atoms with Gasteiger partial charge in [-0.2, -0.15) is 5.10 Å². The van der Waals surface area contributed by atoms with E-state index in [1.165, 1.54) is 0 Å². The molecule has 0 bridgehead atoms. The van der Waals surface area contributed by atoms with Gasteiger partial charge in [-0.25, -0.2) is 13.1 Å². The third-order valence-electron chi connectivity index (χ3n) is 4.81. The molecule has 0 radical (unpaired) electrons. The number of carbonyl (C=O) groups is 1. The Bertz CT molecular complexity index is 1120. The van der Waals surface area contributed by atoms with Crippen LogP contribution in [0.2, 0.25) is 0 Å². The number of aromatic nitrogens is 2. The average molecular weight is 395 g/mol. The molecule has 0 spiro atoms. The number of aryl methyl sites for hydroxylation is 2. The van der Waals surface area contributed by atoms with E-state index in [1.54, 1.807) is 4.68 Å². The summed E-state index contributed by atoms with van der Waals surface area (Å²) in [4.78, 5) is 12.6. The monoisotopic (exact) mass is 395 g/mol. The van der Waals surface area contributed by atoms with Gasteiger partial charge in [0, 0.05) is 12.0 Å². The number of amides is 1. The van der Waals surface area contributed by atoms with Gasteiger partial charge >= 0.3 is 0 Å². The number of fused-ring (bicyclic) bond motifs is 1. The van der Waals surface area contributed by atoms with Crippen LogP contribution in [0.1, 0.15) is 28.8 Å². The number of hydrogen-bond acceptors (Lipinski definition) is 4. The molecule has 0 fully saturated rings. The second-order valence-electron chi connectivity index (χ2n) is 7.09. The molecule has 144 valence electrons. The molecule has 0 saturated carbocycles. The van der Waals surface area contributed by atoms with Gasteiger partial charge in [0.2, 0.25) is 5.91 Å². The molecule has 1 aromatic heterocycles. The average Bonchev–Trinajstić information content (AvgIpc) is 3.14. The first-order valence-electron chi connectivity index (χ1n) is 9.13. The number of hydrogen-bond donors (Lipinski definition) is 1. The summed E-state index contributed by atoms with van der Waals surface area (Å²) >= 11 is 0. The quantitative estimate of drug-likeness (QED) is 0.719. The van der Waals surface area contributed by atoms with Crippen LogP contribution in [-0.4, -0.2) is 24.1 Å². The highest BCUT2D eigenvalue weighted by Crippen LogP contribution is 2.33. The number of nitrogens with one attached hydrogen (secondary N) is 1. The van der Waals surface area contributed by atoms with E-state index >= 15 is 0 Å². The molecule has 4 rings (SSSR count). The number of nitrogens with zero attached hydrogens (tertiary/aromatic N) is 2. The summed E-state index contributed by atoms with van der Waals surface area (Å²) in [5.41, 5.74) is 4.08. The molecule has 0 unspecified atom stereocenters. The molecule has 0 saturated heterocycles. The zero-order valence-electron chi connectivity index (χ0n) is 15.6. The van der Waals surface area contributed by atoms with Crippen LogP contribution in [0.3, 0.4) is 0 Å². The van der Waals surface area contributed by atoms with Crippen molar-refractivity contribution in [2.45, 2.75) is 31.3 Å². The lowest BCUT2D eigenvalue weighted by molar-refractivity contribution is -0.116. The first-order chi connectivity index (χ1) is 13.4. The fourth-order valence-electron chi connectivity index (χ4n) is 3.34. The minimum absolute atomic E-state index is 0.0892. The Labute approximate surface area is 164 Å². The molecule has 1 N–H and O–H groups in total. The van der Waals surface area contributed by atoms with Crippen LogP contribution in [0.15, 0.2) is 54.6 Å². The first kappa shape index (κ1) is 18.4. The molecule has 7 heteroatoms. The smallest absolute Gasteiger partial charge is 0.225 e. The van der Waals surface area contributed by atoms with Crippen molar-refractivity contribution in [1.29, 1.82) is 0 Å². The summed E-state index contributed by atoms with van der Waals surface area (Å²) in [6, 6.07) is 17.5. The predicted molar refractivity (Wildman–Crippen MR) is 108 cm³/mol. The fourth-order valence-corrected chi connectivity index (χ4v) is 4.83. The minimum Gasteiger partial charge on any atom is -0.310 e. The van der Waals surface area contributed by atoms with Gasteiger partial charge in [0.05, 0.1) is 22.9 Å². The normalized spacial score (nSPS) is 14.6. The third kappa shape index (κ3) is 3.84. The van der Waals surface area contributed by atoms with E-state index in [-0.39, 0.29) is 17.4 Å². The predicted octanol–water partition coefficient (Wildman–Crippen LogP) is 3.18. The standard InChI is InChI=1S/C21H21N3O3S/c1-15-7-10-17(11-8-15)24-21(18-13-28(26,27)14-19(18)23-24)22-20(25)12-9-16-5-3-2-4-6-16/h2-8,10-11H,9,12-14H2,1H3,(H,22,25). The lowest BCUT2D eigenvalue weighted by Crippen LogP contribution is -2.17. The Morgan fingerprint density at radius 1 is 1.07 bits per heavy atom. The van der Waals surface area contributed by atoms with E-state index in [9.17, 15) is 13.2 Å². The van der Waals surface area contributed by atoms with Gasteiger partial charge in [-0.05, 0) is 31.0 Å². The van der Waals surface area contributed by atoms with Crippen molar-refractivity contribution in [1.82, 2.24) is 9.78 Å². The van der Waals surface area contributed by atoms with Gasteiger partial charge in [-0.1, -0.05) is 48.0 Å². The Morgan fingerprint density at radius 2 is 1.79 bits per heavy atom. The Balaban J connectivity index is 1.61. The van der Waals surface area contributed by atoms with E-state index < -0.39 is 9.84 Å². The van der Waals surface area contributed by atoms with Gasteiger partial charge in [0.25, 0.3) is 0 Å². The second-order valence-corrected chi connectivity index (χ2v) is 9.15. The molecule has 3 aromatic rings. The van der Waals surface area contributed by atoms with Crippen molar-refractivity contribution >= 4 is 21.6 Å². The van der Waals surface area contributed by atoms with Crippen molar-refractivity contribution in [3.8, 4) is 5.69 Å². The molecule has 2 aromatic carbocycles. The molecule has 6 nitrogen and oxygen atoms in total. The summed E-state index contributed by atoms with van der Waals surface area (Å²) < 4.78 is 25.7. The van der Waals surface area contributed by atoms with E-state index in [0.717, 1.165) is 16.8 Å². The summed E-state index contributed by atoms with van der Waals surface area (Å²) in [5, 5.41) is 7.39. The van der Waals surface area contributed by atoms with Crippen LogP contribution in [0.5, 0.6) is 0 Å². The highest BCUT2D eigenvalue weighted by Gasteiger charge is 2.33. The van der Waals surface area contributed by atoms with Crippen LogP contribution in [0.4, 0.5) is 5.82 Å². The van der Waals surface area contributed by atoms with Gasteiger partial charge < -0.3 is 5.32 Å². The highest BCUT2D eigenvalue weighted by atomic mass is 32.2. The lowest BCUT2D eigenvalue weighted by Gasteiger charge is -2.11. The molecular weight excluding hydrogens is 374 g/mol. The maximum atomic E-state index is 12.6. The van der Waals surface area contributed by atoms with Crippen molar-refractivity contribution in [2.75, 3.05) is 5.32 Å². The maximum Gasteiger partial charge on any atom is 0.225 e. The molecule has 0 atom stereocenters. The largest absolute Gasteiger partial charge is 0.310 e. The van der Waals surface area contributed by atoms with E-state index in [0.29, 0.717) is 29.9 Å². The molecule has 0 aliphatic carbocycles. The third-order valence-corrected chi connectivity index (χ3v) is 6.25. The van der Waals surface area contributed by atoms with Gasteiger partial charge in [-0.3, -0.25) is 4.79 Å². The lowest BCUT2D eigenvalue weighted by atomic mass is 10.1. The number of carbonyl (C=O) groups excluding carboxylic acids is 1. The number of benzene rings is 2. The van der Waals surface area contributed by atoms with Gasteiger partial charge in [-0.15, -0.1) is 0 Å². The van der Waals surface area contributed by atoms with Crippen LogP contribution in [0.25, 0.3) is 5.69 Å². The zero-order chi connectivity index (χ0) is 19.7. The van der Waals surface area contributed by atoms with Crippen molar-refractivity contribution in [3.63, 3.8) is 0 Å². The summed E-state index contributed by atoms with van der Waals surface area (Å²) in [7, 11) is -3.21. The first-order valence-corrected chi connectivity index (χ1v) is 11.0. The van der Waals surface area contributed by atoms with E-state index in [2.05, 4.69) is 10.4 Å². The minimum atomic E-state index is -3.21. The Morgan fingerprint density at radius 3 is 2.50 bits per heavy atom. The molecule has 28 heavy (non-hydrogen) atoms. The van der Waals surface area contributed by atoms with Crippen molar-refractivity contribution in [3.05, 3.63) is 77.0 Å². The zero-order valence-corrected chi connectivity index (χ0v) is 16.4. The van der Waals surface area contributed by atoms with Crippen LogP contribution < -0.4 is 5.32 Å². The molecular formula is C21H21N3O3S. The van der Waals surface area contributed by atoms with Gasteiger partial charge in [0.1, 0.15) is 5.82 Å². The summed E-state index contributed by atoms with van der Waals surface area (Å²) in [6.45, 7) is 1.99. The maximum absolute atomic E-state index is 12.6. The molecule has 1 aliphatic rings. The summed E-state index contributed by atoms with van der Waals surface area (Å²) in [5.74, 6) is 0.110. The Hall–Kier alpha value is -2.93. The van der Waals surface area contributed by atoms with Crippen molar-refractivity contribution < 1.29 is 13.2 Å². The topological polar surface area (TPSA) is 81.1 Å². The van der Waals surface area contributed by atoms with Crippen LogP contribution in [-0.2, 0) is 32.6 Å². The molecule has 1 aliphatic heterocycles. The van der Waals surface area contributed by atoms with E-state index in [1.807, 2.05) is 61.5 Å². The fraction of sp³-hybridized carbons (Fsp3) is 0.238.